The molecule has 2 aromatic rings. The lowest BCUT2D eigenvalue weighted by Crippen LogP contribution is -2.26. The molecule has 0 aromatic heterocycles. The second-order valence-electron chi connectivity index (χ2n) is 5.66. The zero-order valence-electron chi connectivity index (χ0n) is 12.3. The maximum absolute atomic E-state index is 3.80. The average Bonchev–Trinajstić information content (AvgIpc) is 2.71. The fourth-order valence-electron chi connectivity index (χ4n) is 2.98. The van der Waals surface area contributed by atoms with Gasteiger partial charge in [0.1, 0.15) is 0 Å². The first-order chi connectivity index (χ1) is 10.2. The fourth-order valence-corrected chi connectivity index (χ4v) is 3.25. The van der Waals surface area contributed by atoms with Gasteiger partial charge in [-0.05, 0) is 48.7 Å². The molecule has 2 N–H and O–H groups in total. The molecule has 110 valence electrons. The Balaban J connectivity index is 1.79. The van der Waals surface area contributed by atoms with Crippen molar-refractivity contribution in [2.75, 3.05) is 6.54 Å². The van der Waals surface area contributed by atoms with E-state index in [1.165, 1.54) is 16.7 Å². The Morgan fingerprint density at radius 2 is 1.90 bits per heavy atom. The minimum absolute atomic E-state index is 0.342. The zero-order valence-corrected chi connectivity index (χ0v) is 13.9. The molecular weight excluding hydrogens is 324 g/mol. The van der Waals surface area contributed by atoms with Gasteiger partial charge >= 0.3 is 0 Å². The molecule has 0 spiro atoms. The molecule has 2 aromatic carbocycles. The quantitative estimate of drug-likeness (QED) is 0.865. The molecule has 1 aliphatic heterocycles. The number of nitrogens with one attached hydrogen (secondary N) is 2. The van der Waals surface area contributed by atoms with Crippen LogP contribution >= 0.6 is 15.9 Å². The van der Waals surface area contributed by atoms with Crippen molar-refractivity contribution in [1.82, 2.24) is 10.6 Å². The topological polar surface area (TPSA) is 24.1 Å². The van der Waals surface area contributed by atoms with Gasteiger partial charge in [0.25, 0.3) is 0 Å². The van der Waals surface area contributed by atoms with E-state index < -0.39 is 0 Å². The van der Waals surface area contributed by atoms with Gasteiger partial charge in [0, 0.05) is 23.1 Å². The summed E-state index contributed by atoms with van der Waals surface area (Å²) in [6, 6.07) is 18.1. The van der Waals surface area contributed by atoms with Gasteiger partial charge in [-0.3, -0.25) is 0 Å². The van der Waals surface area contributed by atoms with Crippen molar-refractivity contribution in [3.8, 4) is 0 Å². The van der Waals surface area contributed by atoms with Crippen LogP contribution < -0.4 is 10.6 Å². The first-order valence-electron chi connectivity index (χ1n) is 7.54. The summed E-state index contributed by atoms with van der Waals surface area (Å²) in [5, 5.41) is 7.30. The molecule has 3 rings (SSSR count). The van der Waals surface area contributed by atoms with E-state index in [0.29, 0.717) is 12.1 Å². The van der Waals surface area contributed by atoms with Crippen LogP contribution in [0.25, 0.3) is 0 Å². The number of fused-ring (bicyclic) bond motifs is 1. The van der Waals surface area contributed by atoms with Gasteiger partial charge in [0.15, 0.2) is 0 Å². The summed E-state index contributed by atoms with van der Waals surface area (Å²) in [7, 11) is 0. The van der Waals surface area contributed by atoms with Crippen LogP contribution in [-0.2, 0) is 6.54 Å². The SMILES string of the molecule is CC(NC1CCNCc2ccccc21)c1ccc(Br)cc1. The van der Waals surface area contributed by atoms with E-state index in [1.807, 2.05) is 0 Å². The summed E-state index contributed by atoms with van der Waals surface area (Å²) >= 11 is 3.50. The van der Waals surface area contributed by atoms with Crippen molar-refractivity contribution in [3.63, 3.8) is 0 Å². The molecule has 0 saturated carbocycles. The highest BCUT2D eigenvalue weighted by Crippen LogP contribution is 2.27. The van der Waals surface area contributed by atoms with Gasteiger partial charge < -0.3 is 10.6 Å². The van der Waals surface area contributed by atoms with E-state index in [2.05, 4.69) is 82.0 Å². The molecule has 3 heteroatoms. The molecule has 0 aliphatic carbocycles. The van der Waals surface area contributed by atoms with Crippen LogP contribution in [0.4, 0.5) is 0 Å². The Morgan fingerprint density at radius 1 is 1.14 bits per heavy atom. The van der Waals surface area contributed by atoms with Crippen LogP contribution in [0.15, 0.2) is 53.0 Å². The van der Waals surface area contributed by atoms with Crippen molar-refractivity contribution >= 4 is 15.9 Å². The first kappa shape index (κ1) is 14.8. The van der Waals surface area contributed by atoms with Crippen LogP contribution in [0.2, 0.25) is 0 Å². The average molecular weight is 345 g/mol. The highest BCUT2D eigenvalue weighted by Gasteiger charge is 2.20. The van der Waals surface area contributed by atoms with E-state index in [0.717, 1.165) is 24.0 Å². The van der Waals surface area contributed by atoms with Gasteiger partial charge in [-0.25, -0.2) is 0 Å². The molecule has 0 fully saturated rings. The molecule has 1 aliphatic rings. The van der Waals surface area contributed by atoms with Crippen molar-refractivity contribution in [3.05, 3.63) is 69.7 Å². The summed E-state index contributed by atoms with van der Waals surface area (Å²) in [4.78, 5) is 0. The predicted octanol–water partition coefficient (Wildman–Crippen LogP) is 4.33. The highest BCUT2D eigenvalue weighted by molar-refractivity contribution is 9.10. The largest absolute Gasteiger partial charge is 0.313 e. The van der Waals surface area contributed by atoms with Crippen LogP contribution in [-0.4, -0.2) is 6.54 Å². The lowest BCUT2D eigenvalue weighted by molar-refractivity contribution is 0.443. The smallest absolute Gasteiger partial charge is 0.0340 e. The molecule has 0 radical (unpaired) electrons. The lowest BCUT2D eigenvalue weighted by Gasteiger charge is -2.24. The van der Waals surface area contributed by atoms with Crippen molar-refractivity contribution in [2.45, 2.75) is 32.0 Å². The zero-order chi connectivity index (χ0) is 14.7. The summed E-state index contributed by atoms with van der Waals surface area (Å²) in [6.07, 6.45) is 1.12. The Bertz CT molecular complexity index is 594. The third-order valence-corrected chi connectivity index (χ3v) is 4.71. The standard InChI is InChI=1S/C18H21BrN2/c1-13(14-6-8-16(19)9-7-14)21-18-10-11-20-12-15-4-2-3-5-17(15)18/h2-9,13,18,20-21H,10-12H2,1H3. The molecule has 2 unspecified atom stereocenters. The summed E-state index contributed by atoms with van der Waals surface area (Å²) in [5.41, 5.74) is 4.18. The van der Waals surface area contributed by atoms with Crippen molar-refractivity contribution < 1.29 is 0 Å². The van der Waals surface area contributed by atoms with Crippen molar-refractivity contribution in [2.24, 2.45) is 0 Å². The third-order valence-electron chi connectivity index (χ3n) is 4.18. The van der Waals surface area contributed by atoms with Gasteiger partial charge in [-0.2, -0.15) is 0 Å². The Labute approximate surface area is 135 Å². The number of halogens is 1. The summed E-state index contributed by atoms with van der Waals surface area (Å²) in [5.74, 6) is 0. The highest BCUT2D eigenvalue weighted by atomic mass is 79.9. The molecule has 21 heavy (non-hydrogen) atoms. The van der Waals surface area contributed by atoms with Gasteiger partial charge in [-0.15, -0.1) is 0 Å². The number of hydrogen-bond acceptors (Lipinski definition) is 2. The van der Waals surface area contributed by atoms with E-state index in [1.54, 1.807) is 0 Å². The minimum atomic E-state index is 0.342. The second-order valence-corrected chi connectivity index (χ2v) is 6.57. The molecule has 1 heterocycles. The van der Waals surface area contributed by atoms with E-state index in [-0.39, 0.29) is 0 Å². The molecule has 0 saturated heterocycles. The fraction of sp³-hybridized carbons (Fsp3) is 0.333. The van der Waals surface area contributed by atoms with Crippen LogP contribution in [0, 0.1) is 0 Å². The van der Waals surface area contributed by atoms with E-state index >= 15 is 0 Å². The third kappa shape index (κ3) is 3.54. The molecule has 0 amide bonds. The Kier molecular flexibility index (Phi) is 4.73. The molecular formula is C18H21BrN2. The Hall–Kier alpha value is -1.16. The van der Waals surface area contributed by atoms with Crippen LogP contribution in [0.3, 0.4) is 0 Å². The number of benzene rings is 2. The summed E-state index contributed by atoms with van der Waals surface area (Å²) in [6.45, 7) is 4.27. The van der Waals surface area contributed by atoms with E-state index in [4.69, 9.17) is 0 Å². The van der Waals surface area contributed by atoms with Crippen molar-refractivity contribution in [1.29, 1.82) is 0 Å². The molecule has 2 nitrogen and oxygen atoms in total. The normalized spacial score (nSPS) is 19.6. The number of rotatable bonds is 3. The van der Waals surface area contributed by atoms with Crippen LogP contribution in [0.1, 0.15) is 42.1 Å². The summed E-state index contributed by atoms with van der Waals surface area (Å²) < 4.78 is 1.13. The molecule has 0 bridgehead atoms. The maximum atomic E-state index is 3.80. The van der Waals surface area contributed by atoms with Gasteiger partial charge in [-0.1, -0.05) is 52.3 Å². The van der Waals surface area contributed by atoms with E-state index in [9.17, 15) is 0 Å². The van der Waals surface area contributed by atoms with Crippen LogP contribution in [0.5, 0.6) is 0 Å². The number of hydrogen-bond donors (Lipinski definition) is 2. The first-order valence-corrected chi connectivity index (χ1v) is 8.33. The monoisotopic (exact) mass is 344 g/mol. The lowest BCUT2D eigenvalue weighted by atomic mass is 9.97. The maximum Gasteiger partial charge on any atom is 0.0340 e. The predicted molar refractivity (Wildman–Crippen MR) is 91.2 cm³/mol. The molecule has 2 atom stereocenters. The second kappa shape index (κ2) is 6.73. The van der Waals surface area contributed by atoms with Gasteiger partial charge in [0.2, 0.25) is 0 Å². The van der Waals surface area contributed by atoms with Gasteiger partial charge in [0.05, 0.1) is 0 Å². The minimum Gasteiger partial charge on any atom is -0.313 e. The Morgan fingerprint density at radius 3 is 2.71 bits per heavy atom.